The first-order valence-electron chi connectivity index (χ1n) is 8.64. The lowest BCUT2D eigenvalue weighted by Crippen LogP contribution is -2.34. The minimum atomic E-state index is -4.51. The number of aryl methyl sites for hydroxylation is 2. The average Bonchev–Trinajstić information content (AvgIpc) is 3.22. The van der Waals surface area contributed by atoms with Gasteiger partial charge in [0.25, 0.3) is 0 Å². The Balaban J connectivity index is 1.44. The summed E-state index contributed by atoms with van der Waals surface area (Å²) in [7, 11) is 1.84. The van der Waals surface area contributed by atoms with E-state index in [-0.39, 0.29) is 17.9 Å². The molecule has 9 heteroatoms. The van der Waals surface area contributed by atoms with E-state index in [2.05, 4.69) is 20.6 Å². The van der Waals surface area contributed by atoms with Crippen LogP contribution in [0.1, 0.15) is 28.9 Å². The fourth-order valence-electron chi connectivity index (χ4n) is 3.59. The quantitative estimate of drug-likeness (QED) is 0.737. The van der Waals surface area contributed by atoms with Crippen LogP contribution in [0.5, 0.6) is 0 Å². The molecule has 0 saturated carbocycles. The highest BCUT2D eigenvalue weighted by Crippen LogP contribution is 2.36. The van der Waals surface area contributed by atoms with Crippen molar-refractivity contribution in [3.05, 3.63) is 46.9 Å². The molecule has 1 atom stereocenters. The molecule has 2 N–H and O–H groups in total. The summed E-state index contributed by atoms with van der Waals surface area (Å²) in [5, 5.41) is 13.9. The second-order valence-corrected chi connectivity index (χ2v) is 6.85. The zero-order valence-corrected chi connectivity index (χ0v) is 14.6. The monoisotopic (exact) mass is 377 g/mol. The normalized spacial score (nSPS) is 17.1. The van der Waals surface area contributed by atoms with E-state index in [1.54, 1.807) is 10.9 Å². The van der Waals surface area contributed by atoms with Crippen molar-refractivity contribution in [3.8, 4) is 0 Å². The number of aromatic amines is 1. The van der Waals surface area contributed by atoms with E-state index in [1.165, 1.54) is 0 Å². The number of carbonyl (C=O) groups is 1. The van der Waals surface area contributed by atoms with Crippen LogP contribution in [0.3, 0.4) is 0 Å². The number of halogens is 3. The number of H-pyrrole nitrogens is 1. The van der Waals surface area contributed by atoms with Gasteiger partial charge in [0.05, 0.1) is 11.7 Å². The van der Waals surface area contributed by atoms with E-state index in [9.17, 15) is 18.0 Å². The predicted molar refractivity (Wildman–Crippen MR) is 91.7 cm³/mol. The molecule has 2 heterocycles. The van der Waals surface area contributed by atoms with Crippen molar-refractivity contribution < 1.29 is 18.0 Å². The van der Waals surface area contributed by atoms with Gasteiger partial charge < -0.3 is 5.32 Å². The van der Waals surface area contributed by atoms with Gasteiger partial charge in [0.15, 0.2) is 5.69 Å². The number of benzene rings is 1. The number of amides is 1. The zero-order valence-electron chi connectivity index (χ0n) is 14.6. The highest BCUT2D eigenvalue weighted by atomic mass is 19.4. The fraction of sp³-hybridized carbons (Fsp3) is 0.389. The molecule has 3 aromatic rings. The molecule has 142 valence electrons. The Morgan fingerprint density at radius 2 is 2.22 bits per heavy atom. The number of nitrogens with one attached hydrogen (secondary N) is 2. The highest BCUT2D eigenvalue weighted by molar-refractivity contribution is 5.81. The lowest BCUT2D eigenvalue weighted by molar-refractivity contribution is -0.142. The van der Waals surface area contributed by atoms with Crippen molar-refractivity contribution in [1.82, 2.24) is 25.3 Å². The Labute approximate surface area is 152 Å². The molecule has 1 unspecified atom stereocenters. The Kier molecular flexibility index (Phi) is 4.16. The molecule has 0 spiro atoms. The molecule has 1 aliphatic rings. The number of carbonyl (C=O) groups excluding carboxylic acids is 1. The van der Waals surface area contributed by atoms with Gasteiger partial charge in [-0.2, -0.15) is 23.4 Å². The number of fused-ring (bicyclic) bond motifs is 2. The molecule has 4 rings (SSSR count). The van der Waals surface area contributed by atoms with Crippen molar-refractivity contribution in [1.29, 1.82) is 0 Å². The summed E-state index contributed by atoms with van der Waals surface area (Å²) >= 11 is 0. The summed E-state index contributed by atoms with van der Waals surface area (Å²) in [5.41, 5.74) is 1.56. The lowest BCUT2D eigenvalue weighted by atomic mass is 9.85. The number of hydrogen-bond acceptors (Lipinski definition) is 3. The van der Waals surface area contributed by atoms with Crippen molar-refractivity contribution >= 4 is 16.8 Å². The van der Waals surface area contributed by atoms with Gasteiger partial charge in [0.1, 0.15) is 0 Å². The maximum atomic E-state index is 13.1. The molecule has 6 nitrogen and oxygen atoms in total. The molecular formula is C18H18F3N5O. The predicted octanol–water partition coefficient (Wildman–Crippen LogP) is 2.74. The molecule has 0 bridgehead atoms. The number of aromatic nitrogens is 4. The molecule has 27 heavy (non-hydrogen) atoms. The minimum absolute atomic E-state index is 0.0489. The number of hydrogen-bond donors (Lipinski definition) is 2. The second-order valence-electron chi connectivity index (χ2n) is 6.85. The van der Waals surface area contributed by atoms with Crippen LogP contribution in [-0.4, -0.2) is 25.9 Å². The molecule has 0 fully saturated rings. The SMILES string of the molecule is Cn1ncc2ccc(CNC(=O)C3CCc4[nH]nc(C(F)(F)F)c4C3)cc21. The fourth-order valence-corrected chi connectivity index (χ4v) is 3.59. The summed E-state index contributed by atoms with van der Waals surface area (Å²) in [5.74, 6) is -0.725. The van der Waals surface area contributed by atoms with Crippen molar-refractivity contribution in [2.45, 2.75) is 32.0 Å². The van der Waals surface area contributed by atoms with Crippen LogP contribution in [0.2, 0.25) is 0 Å². The summed E-state index contributed by atoms with van der Waals surface area (Å²) in [6.07, 6.45) is -1.81. The Hall–Kier alpha value is -2.84. The maximum absolute atomic E-state index is 13.1. The summed E-state index contributed by atoms with van der Waals surface area (Å²) in [6, 6.07) is 5.78. The van der Waals surface area contributed by atoms with E-state index in [0.717, 1.165) is 16.5 Å². The van der Waals surface area contributed by atoms with E-state index in [1.807, 2.05) is 25.2 Å². The molecule has 1 amide bonds. The zero-order chi connectivity index (χ0) is 19.2. The van der Waals surface area contributed by atoms with Crippen LogP contribution < -0.4 is 5.32 Å². The molecular weight excluding hydrogens is 359 g/mol. The van der Waals surface area contributed by atoms with E-state index >= 15 is 0 Å². The minimum Gasteiger partial charge on any atom is -0.352 e. The van der Waals surface area contributed by atoms with Gasteiger partial charge in [-0.05, 0) is 30.9 Å². The third-order valence-electron chi connectivity index (χ3n) is 5.07. The smallest absolute Gasteiger partial charge is 0.352 e. The van der Waals surface area contributed by atoms with Crippen LogP contribution in [-0.2, 0) is 37.4 Å². The molecule has 1 aromatic carbocycles. The van der Waals surface area contributed by atoms with Gasteiger partial charge in [-0.1, -0.05) is 12.1 Å². The van der Waals surface area contributed by atoms with Crippen LogP contribution in [0.25, 0.3) is 10.9 Å². The first-order valence-corrected chi connectivity index (χ1v) is 8.64. The average molecular weight is 377 g/mol. The largest absolute Gasteiger partial charge is 0.435 e. The molecule has 0 saturated heterocycles. The van der Waals surface area contributed by atoms with Crippen molar-refractivity contribution in [2.75, 3.05) is 0 Å². The highest BCUT2D eigenvalue weighted by Gasteiger charge is 2.40. The van der Waals surface area contributed by atoms with Gasteiger partial charge in [0, 0.05) is 36.2 Å². The third-order valence-corrected chi connectivity index (χ3v) is 5.07. The van der Waals surface area contributed by atoms with Crippen molar-refractivity contribution in [2.24, 2.45) is 13.0 Å². The van der Waals surface area contributed by atoms with E-state index < -0.39 is 17.8 Å². The number of alkyl halides is 3. The Morgan fingerprint density at radius 1 is 1.41 bits per heavy atom. The van der Waals surface area contributed by atoms with Gasteiger partial charge in [-0.15, -0.1) is 0 Å². The van der Waals surface area contributed by atoms with E-state index in [0.29, 0.717) is 25.1 Å². The molecule has 0 aliphatic heterocycles. The first-order chi connectivity index (χ1) is 12.8. The first kappa shape index (κ1) is 17.6. The Bertz CT molecular complexity index is 1000. The molecule has 1 aliphatic carbocycles. The van der Waals surface area contributed by atoms with Crippen molar-refractivity contribution in [3.63, 3.8) is 0 Å². The summed E-state index contributed by atoms with van der Waals surface area (Å²) < 4.78 is 40.9. The third kappa shape index (κ3) is 3.29. The van der Waals surface area contributed by atoms with Crippen LogP contribution in [0, 0.1) is 5.92 Å². The topological polar surface area (TPSA) is 75.6 Å². The van der Waals surface area contributed by atoms with Crippen LogP contribution in [0.15, 0.2) is 24.4 Å². The lowest BCUT2D eigenvalue weighted by Gasteiger charge is -2.22. The van der Waals surface area contributed by atoms with Crippen LogP contribution >= 0.6 is 0 Å². The summed E-state index contributed by atoms with van der Waals surface area (Å²) in [6.45, 7) is 0.320. The van der Waals surface area contributed by atoms with E-state index in [4.69, 9.17) is 0 Å². The molecule has 0 radical (unpaired) electrons. The number of rotatable bonds is 3. The van der Waals surface area contributed by atoms with Gasteiger partial charge in [0.2, 0.25) is 5.91 Å². The standard InChI is InChI=1S/C18H18F3N5O/c1-26-15-6-10(2-3-12(15)9-23-26)8-22-17(27)11-4-5-14-13(7-11)16(25-24-14)18(19,20)21/h2-3,6,9,11H,4-5,7-8H2,1H3,(H,22,27)(H,24,25). The summed E-state index contributed by atoms with van der Waals surface area (Å²) in [4.78, 5) is 12.5. The molecule has 2 aromatic heterocycles. The second kappa shape index (κ2) is 6.40. The van der Waals surface area contributed by atoms with Gasteiger partial charge >= 0.3 is 6.18 Å². The Morgan fingerprint density at radius 3 is 3.00 bits per heavy atom. The van der Waals surface area contributed by atoms with Crippen LogP contribution in [0.4, 0.5) is 13.2 Å². The van der Waals surface area contributed by atoms with Gasteiger partial charge in [-0.3, -0.25) is 14.6 Å². The maximum Gasteiger partial charge on any atom is 0.435 e. The van der Waals surface area contributed by atoms with Gasteiger partial charge in [-0.25, -0.2) is 0 Å². The number of nitrogens with zero attached hydrogens (tertiary/aromatic N) is 3.